The van der Waals surface area contributed by atoms with E-state index in [4.69, 9.17) is 11.6 Å². The molecule has 0 bridgehead atoms. The topological polar surface area (TPSA) is 55.6 Å². The summed E-state index contributed by atoms with van der Waals surface area (Å²) in [6.07, 6.45) is 1.03. The van der Waals surface area contributed by atoms with Crippen molar-refractivity contribution in [3.05, 3.63) is 29.1 Å². The fraction of sp³-hybridized carbons (Fsp3) is 0.417. The second kappa shape index (κ2) is 4.77. The number of hydrogen-bond donors (Lipinski definition) is 1. The van der Waals surface area contributed by atoms with Crippen LogP contribution in [0.3, 0.4) is 0 Å². The number of hydrogen-bond acceptors (Lipinski definition) is 4. The lowest BCUT2D eigenvalue weighted by Crippen LogP contribution is -2.12. The zero-order valence-corrected chi connectivity index (χ0v) is 12.0. The molecule has 1 N–H and O–H groups in total. The summed E-state index contributed by atoms with van der Waals surface area (Å²) in [5.74, 6) is 0.102. The first-order valence-corrected chi connectivity index (χ1v) is 6.15. The summed E-state index contributed by atoms with van der Waals surface area (Å²) in [5.41, 5.74) is 0.817. The Morgan fingerprint density at radius 1 is 1.37 bits per heavy atom. The molecule has 0 radical (unpaired) electrons. The van der Waals surface area contributed by atoms with E-state index in [1.807, 2.05) is 6.07 Å². The highest BCUT2D eigenvalue weighted by molar-refractivity contribution is 6.28. The smallest absolute Gasteiger partial charge is 0.224 e. The Balaban J connectivity index is 2.34. The van der Waals surface area contributed by atoms with Crippen LogP contribution in [0.2, 0.25) is 5.28 Å². The number of nitrogens with one attached hydrogen (secondary N) is 1. The molecule has 5 nitrogen and oxygen atoms in total. The summed E-state index contributed by atoms with van der Waals surface area (Å²) in [4.78, 5) is 7.37. The standard InChI is InChI=1S/C12H15ClFN5/c1-12(2,3)8-5-9(19(4)18-8)16-10-7(14)6-15-11(13)17-10/h5-6H,1-4H3,(H,15,16,17). The lowest BCUT2D eigenvalue weighted by Gasteiger charge is -2.13. The SMILES string of the molecule is Cn1nc(C(C)(C)C)cc1Nc1nc(Cl)ncc1F. The molecule has 0 aliphatic rings. The van der Waals surface area contributed by atoms with Crippen LogP contribution < -0.4 is 5.32 Å². The molecule has 2 heterocycles. The fourth-order valence-electron chi connectivity index (χ4n) is 1.51. The van der Waals surface area contributed by atoms with Crippen molar-refractivity contribution in [1.82, 2.24) is 19.7 Å². The fourth-order valence-corrected chi connectivity index (χ4v) is 1.64. The Bertz CT molecular complexity index is 603. The summed E-state index contributed by atoms with van der Waals surface area (Å²) in [6.45, 7) is 6.17. The maximum absolute atomic E-state index is 13.6. The number of nitrogens with zero attached hydrogens (tertiary/aromatic N) is 4. The van der Waals surface area contributed by atoms with E-state index in [1.54, 1.807) is 11.7 Å². The van der Waals surface area contributed by atoms with Gasteiger partial charge in [-0.25, -0.2) is 9.37 Å². The van der Waals surface area contributed by atoms with Gasteiger partial charge in [0.2, 0.25) is 5.28 Å². The van der Waals surface area contributed by atoms with Crippen molar-refractivity contribution in [2.75, 3.05) is 5.32 Å². The van der Waals surface area contributed by atoms with Crippen LogP contribution in [0.4, 0.5) is 16.0 Å². The van der Waals surface area contributed by atoms with E-state index in [2.05, 4.69) is 41.2 Å². The van der Waals surface area contributed by atoms with Crippen molar-refractivity contribution in [3.63, 3.8) is 0 Å². The second-order valence-electron chi connectivity index (χ2n) is 5.25. The van der Waals surface area contributed by atoms with Crippen molar-refractivity contribution in [2.24, 2.45) is 7.05 Å². The Kier molecular flexibility index (Phi) is 3.45. The van der Waals surface area contributed by atoms with Crippen LogP contribution in [0.15, 0.2) is 12.3 Å². The maximum atomic E-state index is 13.6. The van der Waals surface area contributed by atoms with E-state index in [-0.39, 0.29) is 16.5 Å². The Labute approximate surface area is 115 Å². The van der Waals surface area contributed by atoms with Gasteiger partial charge in [-0.3, -0.25) is 4.68 Å². The van der Waals surface area contributed by atoms with E-state index >= 15 is 0 Å². The second-order valence-corrected chi connectivity index (χ2v) is 5.59. The van der Waals surface area contributed by atoms with Gasteiger partial charge in [-0.1, -0.05) is 20.8 Å². The Morgan fingerprint density at radius 3 is 2.63 bits per heavy atom. The Morgan fingerprint density at radius 2 is 2.05 bits per heavy atom. The monoisotopic (exact) mass is 283 g/mol. The van der Waals surface area contributed by atoms with Crippen LogP contribution >= 0.6 is 11.6 Å². The average molecular weight is 284 g/mol. The minimum atomic E-state index is -0.567. The minimum Gasteiger partial charge on any atom is -0.323 e. The molecule has 0 aromatic carbocycles. The summed E-state index contributed by atoms with van der Waals surface area (Å²) >= 11 is 5.65. The van der Waals surface area contributed by atoms with Crippen molar-refractivity contribution >= 4 is 23.2 Å². The Hall–Kier alpha value is -1.69. The maximum Gasteiger partial charge on any atom is 0.224 e. The zero-order valence-electron chi connectivity index (χ0n) is 11.2. The van der Waals surface area contributed by atoms with E-state index in [1.165, 1.54) is 0 Å². The quantitative estimate of drug-likeness (QED) is 0.861. The third-order valence-electron chi connectivity index (χ3n) is 2.61. The highest BCUT2D eigenvalue weighted by Crippen LogP contribution is 2.25. The van der Waals surface area contributed by atoms with Crippen molar-refractivity contribution in [2.45, 2.75) is 26.2 Å². The van der Waals surface area contributed by atoms with Crippen LogP contribution in [0.1, 0.15) is 26.5 Å². The number of rotatable bonds is 2. The molecule has 7 heteroatoms. The number of aryl methyl sites for hydroxylation is 1. The lowest BCUT2D eigenvalue weighted by molar-refractivity contribution is 0.553. The molecular formula is C12H15ClFN5. The third-order valence-corrected chi connectivity index (χ3v) is 2.79. The van der Waals surface area contributed by atoms with Gasteiger partial charge in [0.05, 0.1) is 11.9 Å². The molecule has 0 unspecified atom stereocenters. The number of halogens is 2. The van der Waals surface area contributed by atoms with Gasteiger partial charge in [0.25, 0.3) is 0 Å². The van der Waals surface area contributed by atoms with Crippen LogP contribution in [-0.4, -0.2) is 19.7 Å². The zero-order chi connectivity index (χ0) is 14.2. The van der Waals surface area contributed by atoms with Crippen molar-refractivity contribution < 1.29 is 4.39 Å². The van der Waals surface area contributed by atoms with Gasteiger partial charge in [-0.15, -0.1) is 0 Å². The highest BCUT2D eigenvalue weighted by atomic mass is 35.5. The van der Waals surface area contributed by atoms with Crippen LogP contribution in [0, 0.1) is 5.82 Å². The molecule has 2 aromatic heterocycles. The van der Waals surface area contributed by atoms with Gasteiger partial charge >= 0.3 is 0 Å². The number of anilines is 2. The van der Waals surface area contributed by atoms with Gasteiger partial charge in [0, 0.05) is 18.5 Å². The van der Waals surface area contributed by atoms with Crippen molar-refractivity contribution in [1.29, 1.82) is 0 Å². The molecule has 0 aliphatic heterocycles. The average Bonchev–Trinajstić information content (AvgIpc) is 2.65. The molecule has 0 aliphatic carbocycles. The van der Waals surface area contributed by atoms with Crippen LogP contribution in [0.25, 0.3) is 0 Å². The predicted molar refractivity (Wildman–Crippen MR) is 72.2 cm³/mol. The lowest BCUT2D eigenvalue weighted by atomic mass is 9.92. The summed E-state index contributed by atoms with van der Waals surface area (Å²) in [7, 11) is 1.78. The number of aromatic nitrogens is 4. The molecule has 19 heavy (non-hydrogen) atoms. The van der Waals surface area contributed by atoms with Crippen molar-refractivity contribution in [3.8, 4) is 0 Å². The summed E-state index contributed by atoms with van der Waals surface area (Å²) in [5, 5.41) is 7.24. The van der Waals surface area contributed by atoms with Gasteiger partial charge in [-0.05, 0) is 11.6 Å². The highest BCUT2D eigenvalue weighted by Gasteiger charge is 2.19. The van der Waals surface area contributed by atoms with E-state index in [0.717, 1.165) is 11.9 Å². The first kappa shape index (κ1) is 13.7. The van der Waals surface area contributed by atoms with Gasteiger partial charge in [-0.2, -0.15) is 10.1 Å². The van der Waals surface area contributed by atoms with E-state index < -0.39 is 5.82 Å². The van der Waals surface area contributed by atoms with E-state index in [0.29, 0.717) is 5.82 Å². The first-order chi connectivity index (χ1) is 8.77. The minimum absolute atomic E-state index is 0.0119. The molecular weight excluding hydrogens is 269 g/mol. The normalized spacial score (nSPS) is 11.7. The molecule has 0 saturated heterocycles. The van der Waals surface area contributed by atoms with Crippen LogP contribution in [-0.2, 0) is 12.5 Å². The van der Waals surface area contributed by atoms with Crippen LogP contribution in [0.5, 0.6) is 0 Å². The summed E-state index contributed by atoms with van der Waals surface area (Å²) in [6, 6.07) is 1.86. The van der Waals surface area contributed by atoms with Gasteiger partial charge < -0.3 is 5.32 Å². The molecule has 102 valence electrons. The third kappa shape index (κ3) is 3.01. The summed E-state index contributed by atoms with van der Waals surface area (Å²) < 4.78 is 15.2. The van der Waals surface area contributed by atoms with E-state index in [9.17, 15) is 4.39 Å². The first-order valence-electron chi connectivity index (χ1n) is 5.77. The van der Waals surface area contributed by atoms with Gasteiger partial charge in [0.1, 0.15) is 5.82 Å². The molecule has 0 amide bonds. The molecule has 2 aromatic rings. The molecule has 0 fully saturated rings. The molecule has 2 rings (SSSR count). The predicted octanol–water partition coefficient (Wildman–Crippen LogP) is 3.04. The molecule has 0 atom stereocenters. The molecule has 0 spiro atoms. The van der Waals surface area contributed by atoms with Gasteiger partial charge in [0.15, 0.2) is 11.6 Å². The largest absolute Gasteiger partial charge is 0.323 e. The molecule has 0 saturated carbocycles.